The van der Waals surface area contributed by atoms with Crippen LogP contribution in [-0.4, -0.2) is 25.7 Å². The van der Waals surface area contributed by atoms with Gasteiger partial charge in [-0.2, -0.15) is 0 Å². The molecule has 0 amide bonds. The molecule has 2 nitrogen and oxygen atoms in total. The van der Waals surface area contributed by atoms with Gasteiger partial charge in [0.15, 0.2) is 0 Å². The van der Waals surface area contributed by atoms with Crippen molar-refractivity contribution in [2.75, 3.05) is 19.5 Å². The van der Waals surface area contributed by atoms with Gasteiger partial charge < -0.3 is 4.74 Å². The molecule has 14 heavy (non-hydrogen) atoms. The molecule has 0 spiro atoms. The molecular formula is C11H14ClNO. The highest BCUT2D eigenvalue weighted by molar-refractivity contribution is 6.17. The molecule has 0 aliphatic heterocycles. The Kier molecular flexibility index (Phi) is 5.08. The summed E-state index contributed by atoms with van der Waals surface area (Å²) in [6.45, 7) is 0.765. The number of aliphatic imine (C=N–C) groups is 1. The van der Waals surface area contributed by atoms with E-state index < -0.39 is 0 Å². The number of hydrogen-bond donors (Lipinski definition) is 0. The normalized spacial score (nSPS) is 10.7. The summed E-state index contributed by atoms with van der Waals surface area (Å²) in [5, 5.41) is 0. The van der Waals surface area contributed by atoms with Crippen molar-refractivity contribution < 1.29 is 4.74 Å². The Hall–Kier alpha value is -1.02. The van der Waals surface area contributed by atoms with Gasteiger partial charge in [-0.15, -0.1) is 11.6 Å². The van der Waals surface area contributed by atoms with E-state index in [4.69, 9.17) is 16.3 Å². The van der Waals surface area contributed by atoms with E-state index in [0.717, 1.165) is 24.3 Å². The van der Waals surface area contributed by atoms with Crippen LogP contribution in [0.1, 0.15) is 12.0 Å². The minimum atomic E-state index is 0.656. The fourth-order valence-corrected chi connectivity index (χ4v) is 1.21. The Balaban J connectivity index is 2.61. The summed E-state index contributed by atoms with van der Waals surface area (Å²) in [5.41, 5.74) is 1.00. The average Bonchev–Trinajstić information content (AvgIpc) is 2.25. The van der Waals surface area contributed by atoms with Crippen LogP contribution in [0.3, 0.4) is 0 Å². The summed E-state index contributed by atoms with van der Waals surface area (Å²) in [6, 6.07) is 7.80. The second kappa shape index (κ2) is 6.44. The van der Waals surface area contributed by atoms with Crippen LogP contribution >= 0.6 is 11.6 Å². The van der Waals surface area contributed by atoms with Crippen LogP contribution < -0.4 is 4.74 Å². The molecule has 76 valence electrons. The van der Waals surface area contributed by atoms with E-state index >= 15 is 0 Å². The molecule has 1 aromatic rings. The van der Waals surface area contributed by atoms with E-state index in [1.165, 1.54) is 0 Å². The lowest BCUT2D eigenvalue weighted by molar-refractivity contribution is 0.414. The number of ether oxygens (including phenoxy) is 1. The molecule has 0 heterocycles. The lowest BCUT2D eigenvalue weighted by Gasteiger charge is -2.02. The Morgan fingerprint density at radius 1 is 1.43 bits per heavy atom. The number of rotatable bonds is 5. The van der Waals surface area contributed by atoms with Crippen LogP contribution in [0.4, 0.5) is 0 Å². The molecule has 0 N–H and O–H groups in total. The summed E-state index contributed by atoms with van der Waals surface area (Å²) in [7, 11) is 1.66. The Bertz CT molecular complexity index is 299. The van der Waals surface area contributed by atoms with E-state index in [1.807, 2.05) is 30.5 Å². The first-order valence-electron chi connectivity index (χ1n) is 4.57. The van der Waals surface area contributed by atoms with Gasteiger partial charge >= 0.3 is 0 Å². The lowest BCUT2D eigenvalue weighted by Crippen LogP contribution is -1.91. The predicted molar refractivity (Wildman–Crippen MR) is 60.8 cm³/mol. The largest absolute Gasteiger partial charge is 0.496 e. The van der Waals surface area contributed by atoms with Crippen LogP contribution in [0.25, 0.3) is 0 Å². The van der Waals surface area contributed by atoms with E-state index in [2.05, 4.69) is 4.99 Å². The van der Waals surface area contributed by atoms with Crippen molar-refractivity contribution in [2.45, 2.75) is 6.42 Å². The topological polar surface area (TPSA) is 21.6 Å². The third-order valence-electron chi connectivity index (χ3n) is 1.79. The Morgan fingerprint density at radius 2 is 2.21 bits per heavy atom. The van der Waals surface area contributed by atoms with Gasteiger partial charge in [0.05, 0.1) is 7.11 Å². The van der Waals surface area contributed by atoms with Gasteiger partial charge in [0, 0.05) is 24.2 Å². The molecular weight excluding hydrogens is 198 g/mol. The summed E-state index contributed by atoms with van der Waals surface area (Å²) in [6.07, 6.45) is 2.73. The molecule has 3 heteroatoms. The van der Waals surface area contributed by atoms with Crippen molar-refractivity contribution in [1.29, 1.82) is 0 Å². The van der Waals surface area contributed by atoms with E-state index in [-0.39, 0.29) is 0 Å². The Morgan fingerprint density at radius 3 is 2.93 bits per heavy atom. The SMILES string of the molecule is COc1ccccc1C=NCCCCl. The van der Waals surface area contributed by atoms with Crippen molar-refractivity contribution in [2.24, 2.45) is 4.99 Å². The van der Waals surface area contributed by atoms with Crippen LogP contribution in [0.2, 0.25) is 0 Å². The van der Waals surface area contributed by atoms with Gasteiger partial charge in [-0.25, -0.2) is 0 Å². The van der Waals surface area contributed by atoms with Crippen LogP contribution in [0.5, 0.6) is 5.75 Å². The third kappa shape index (κ3) is 3.38. The molecule has 0 saturated carbocycles. The van der Waals surface area contributed by atoms with Gasteiger partial charge in [0.2, 0.25) is 0 Å². The third-order valence-corrected chi connectivity index (χ3v) is 2.06. The Labute approximate surface area is 89.6 Å². The molecule has 1 aromatic carbocycles. The van der Waals surface area contributed by atoms with Crippen LogP contribution in [-0.2, 0) is 0 Å². The number of halogens is 1. The highest BCUT2D eigenvalue weighted by atomic mass is 35.5. The fraction of sp³-hybridized carbons (Fsp3) is 0.364. The molecule has 0 saturated heterocycles. The monoisotopic (exact) mass is 211 g/mol. The standard InChI is InChI=1S/C11H14ClNO/c1-14-11-6-3-2-5-10(11)9-13-8-4-7-12/h2-3,5-6,9H,4,7-8H2,1H3. The molecule has 0 bridgehead atoms. The molecule has 0 atom stereocenters. The maximum Gasteiger partial charge on any atom is 0.127 e. The van der Waals surface area contributed by atoms with Gasteiger partial charge in [-0.3, -0.25) is 4.99 Å². The predicted octanol–water partition coefficient (Wildman–Crippen LogP) is 2.74. The zero-order valence-corrected chi connectivity index (χ0v) is 9.00. The second-order valence-electron chi connectivity index (χ2n) is 2.82. The maximum absolute atomic E-state index is 5.54. The first-order valence-corrected chi connectivity index (χ1v) is 5.10. The van der Waals surface area contributed by atoms with Crippen molar-refractivity contribution >= 4 is 17.8 Å². The molecule has 0 radical (unpaired) electrons. The maximum atomic E-state index is 5.54. The summed E-state index contributed by atoms with van der Waals surface area (Å²) in [5.74, 6) is 1.51. The van der Waals surface area contributed by atoms with Crippen molar-refractivity contribution in [3.63, 3.8) is 0 Å². The van der Waals surface area contributed by atoms with E-state index in [1.54, 1.807) is 7.11 Å². The zero-order chi connectivity index (χ0) is 10.2. The number of nitrogens with zero attached hydrogens (tertiary/aromatic N) is 1. The number of methoxy groups -OCH3 is 1. The van der Waals surface area contributed by atoms with E-state index in [0.29, 0.717) is 5.88 Å². The first kappa shape index (κ1) is 11.1. The minimum absolute atomic E-state index is 0.656. The van der Waals surface area contributed by atoms with Gasteiger partial charge in [0.25, 0.3) is 0 Å². The summed E-state index contributed by atoms with van der Waals surface area (Å²) < 4.78 is 5.19. The van der Waals surface area contributed by atoms with Gasteiger partial charge in [-0.05, 0) is 18.6 Å². The summed E-state index contributed by atoms with van der Waals surface area (Å²) >= 11 is 5.54. The summed E-state index contributed by atoms with van der Waals surface area (Å²) in [4.78, 5) is 4.25. The molecule has 0 fully saturated rings. The second-order valence-corrected chi connectivity index (χ2v) is 3.20. The highest BCUT2D eigenvalue weighted by Crippen LogP contribution is 2.14. The molecule has 0 aromatic heterocycles. The smallest absolute Gasteiger partial charge is 0.127 e. The molecule has 0 aliphatic carbocycles. The van der Waals surface area contributed by atoms with Gasteiger partial charge in [-0.1, -0.05) is 12.1 Å². The minimum Gasteiger partial charge on any atom is -0.496 e. The molecule has 0 unspecified atom stereocenters. The lowest BCUT2D eigenvalue weighted by atomic mass is 10.2. The molecule has 0 aliphatic rings. The van der Waals surface area contributed by atoms with Crippen LogP contribution in [0, 0.1) is 0 Å². The quantitative estimate of drug-likeness (QED) is 0.417. The molecule has 1 rings (SSSR count). The fourth-order valence-electron chi connectivity index (χ4n) is 1.09. The van der Waals surface area contributed by atoms with Crippen molar-refractivity contribution in [3.8, 4) is 5.75 Å². The average molecular weight is 212 g/mol. The number of para-hydroxylation sites is 1. The van der Waals surface area contributed by atoms with Gasteiger partial charge in [0.1, 0.15) is 5.75 Å². The number of hydrogen-bond acceptors (Lipinski definition) is 2. The number of alkyl halides is 1. The highest BCUT2D eigenvalue weighted by Gasteiger charge is 1.96. The van der Waals surface area contributed by atoms with Crippen molar-refractivity contribution in [1.82, 2.24) is 0 Å². The van der Waals surface area contributed by atoms with Crippen molar-refractivity contribution in [3.05, 3.63) is 29.8 Å². The number of benzene rings is 1. The van der Waals surface area contributed by atoms with E-state index in [9.17, 15) is 0 Å². The van der Waals surface area contributed by atoms with Crippen LogP contribution in [0.15, 0.2) is 29.3 Å². The zero-order valence-electron chi connectivity index (χ0n) is 8.24. The first-order chi connectivity index (χ1) is 6.88.